The van der Waals surface area contributed by atoms with Crippen molar-refractivity contribution >= 4 is 12.6 Å². The van der Waals surface area contributed by atoms with Crippen molar-refractivity contribution in [2.45, 2.75) is 33.1 Å². The van der Waals surface area contributed by atoms with Crippen LogP contribution in [0.1, 0.15) is 32.3 Å². The number of hydrogen-bond donors (Lipinski definition) is 2. The van der Waals surface area contributed by atoms with E-state index in [-0.39, 0.29) is 5.41 Å². The Hall–Kier alpha value is -0.935. The molecule has 0 atom stereocenters. The lowest BCUT2D eigenvalue weighted by Crippen LogP contribution is -2.34. The average molecular weight is 194 g/mol. The maximum atomic E-state index is 8.97. The number of rotatable bonds is 1. The summed E-state index contributed by atoms with van der Waals surface area (Å²) in [6.45, 7) is 7.77. The summed E-state index contributed by atoms with van der Waals surface area (Å²) in [4.78, 5) is 8.34. The molecular formula is C9H15BN2O2. The first-order chi connectivity index (χ1) is 6.32. The Kier molecular flexibility index (Phi) is 2.92. The van der Waals surface area contributed by atoms with Gasteiger partial charge < -0.3 is 10.0 Å². The van der Waals surface area contributed by atoms with Gasteiger partial charge in [-0.25, -0.2) is 9.97 Å². The van der Waals surface area contributed by atoms with Crippen molar-refractivity contribution in [1.82, 2.24) is 9.97 Å². The van der Waals surface area contributed by atoms with Gasteiger partial charge in [-0.3, -0.25) is 0 Å². The Labute approximate surface area is 84.2 Å². The monoisotopic (exact) mass is 194 g/mol. The molecule has 0 fully saturated rings. The molecule has 4 nitrogen and oxygen atoms in total. The van der Waals surface area contributed by atoms with Crippen LogP contribution in [0.3, 0.4) is 0 Å². The number of aromatic nitrogens is 2. The molecule has 0 spiro atoms. The quantitative estimate of drug-likeness (QED) is 0.605. The molecule has 1 rings (SSSR count). The largest absolute Gasteiger partial charge is 0.491 e. The van der Waals surface area contributed by atoms with Gasteiger partial charge in [-0.1, -0.05) is 20.8 Å². The molecule has 0 aliphatic heterocycles. The van der Waals surface area contributed by atoms with Gasteiger partial charge in [0.15, 0.2) is 0 Å². The third-order valence-electron chi connectivity index (χ3n) is 1.97. The topological polar surface area (TPSA) is 66.2 Å². The summed E-state index contributed by atoms with van der Waals surface area (Å²) in [5, 5.41) is 17.9. The smallest absolute Gasteiger partial charge is 0.423 e. The SMILES string of the molecule is Cc1nc(C(C)(C)C)ncc1B(O)O. The first-order valence-corrected chi connectivity index (χ1v) is 4.52. The van der Waals surface area contributed by atoms with Crippen molar-refractivity contribution < 1.29 is 10.0 Å². The van der Waals surface area contributed by atoms with Crippen LogP contribution >= 0.6 is 0 Å². The van der Waals surface area contributed by atoms with Crippen molar-refractivity contribution in [2.75, 3.05) is 0 Å². The second-order valence-electron chi connectivity index (χ2n) is 4.36. The van der Waals surface area contributed by atoms with Crippen LogP contribution in [-0.4, -0.2) is 27.1 Å². The van der Waals surface area contributed by atoms with E-state index >= 15 is 0 Å². The minimum absolute atomic E-state index is 0.121. The van der Waals surface area contributed by atoms with Crippen LogP contribution in [-0.2, 0) is 5.41 Å². The molecule has 0 amide bonds. The van der Waals surface area contributed by atoms with Crippen LogP contribution in [0, 0.1) is 6.92 Å². The van der Waals surface area contributed by atoms with Crippen LogP contribution in [0.4, 0.5) is 0 Å². The molecule has 1 heterocycles. The van der Waals surface area contributed by atoms with Crippen LogP contribution in [0.5, 0.6) is 0 Å². The van der Waals surface area contributed by atoms with Gasteiger partial charge in [0.1, 0.15) is 5.82 Å². The highest BCUT2D eigenvalue weighted by Crippen LogP contribution is 2.16. The Bertz CT molecular complexity index is 334. The van der Waals surface area contributed by atoms with Crippen LogP contribution in [0.25, 0.3) is 0 Å². The van der Waals surface area contributed by atoms with E-state index in [2.05, 4.69) is 9.97 Å². The first-order valence-electron chi connectivity index (χ1n) is 4.52. The third kappa shape index (κ3) is 2.30. The van der Waals surface area contributed by atoms with Crippen molar-refractivity contribution in [3.8, 4) is 0 Å². The van der Waals surface area contributed by atoms with Crippen LogP contribution < -0.4 is 5.46 Å². The number of hydrogen-bond acceptors (Lipinski definition) is 4. The fourth-order valence-electron chi connectivity index (χ4n) is 1.09. The molecule has 0 radical (unpaired) electrons. The van der Waals surface area contributed by atoms with Crippen molar-refractivity contribution in [1.29, 1.82) is 0 Å². The third-order valence-corrected chi connectivity index (χ3v) is 1.97. The molecule has 0 aromatic carbocycles. The molecular weight excluding hydrogens is 179 g/mol. The second-order valence-corrected chi connectivity index (χ2v) is 4.36. The Morgan fingerprint density at radius 2 is 1.86 bits per heavy atom. The molecule has 0 aliphatic rings. The van der Waals surface area contributed by atoms with Crippen molar-refractivity contribution in [3.05, 3.63) is 17.7 Å². The van der Waals surface area contributed by atoms with Gasteiger partial charge >= 0.3 is 7.12 Å². The second kappa shape index (κ2) is 3.67. The zero-order valence-corrected chi connectivity index (χ0v) is 8.94. The summed E-state index contributed by atoms with van der Waals surface area (Å²) >= 11 is 0. The van der Waals surface area contributed by atoms with E-state index in [1.165, 1.54) is 6.20 Å². The molecule has 1 aromatic rings. The summed E-state index contributed by atoms with van der Waals surface area (Å²) in [7, 11) is -1.50. The van der Waals surface area contributed by atoms with E-state index in [1.807, 2.05) is 20.8 Å². The van der Waals surface area contributed by atoms with E-state index < -0.39 is 7.12 Å². The Morgan fingerprint density at radius 3 is 2.21 bits per heavy atom. The fraction of sp³-hybridized carbons (Fsp3) is 0.556. The average Bonchev–Trinajstić information content (AvgIpc) is 2.01. The van der Waals surface area contributed by atoms with Gasteiger partial charge in [0, 0.05) is 22.8 Å². The molecule has 76 valence electrons. The normalized spacial score (nSPS) is 11.6. The number of nitrogens with zero attached hydrogens (tertiary/aromatic N) is 2. The zero-order chi connectivity index (χ0) is 10.9. The highest BCUT2D eigenvalue weighted by Gasteiger charge is 2.21. The molecule has 2 N–H and O–H groups in total. The molecule has 1 aromatic heterocycles. The molecule has 0 saturated carbocycles. The van der Waals surface area contributed by atoms with Gasteiger partial charge in [0.05, 0.1) is 0 Å². The van der Waals surface area contributed by atoms with Crippen LogP contribution in [0.2, 0.25) is 0 Å². The highest BCUT2D eigenvalue weighted by molar-refractivity contribution is 6.58. The standard InChI is InChI=1S/C9H15BN2O2/c1-6-7(10(13)14)5-11-8(12-6)9(2,3)4/h5,13-14H,1-4H3. The molecule has 0 unspecified atom stereocenters. The molecule has 5 heteroatoms. The van der Waals surface area contributed by atoms with Gasteiger partial charge in [-0.05, 0) is 6.92 Å². The summed E-state index contributed by atoms with van der Waals surface area (Å²) in [6.07, 6.45) is 1.47. The summed E-state index contributed by atoms with van der Waals surface area (Å²) in [5.74, 6) is 0.708. The van der Waals surface area contributed by atoms with E-state index in [0.29, 0.717) is 17.0 Å². The lowest BCUT2D eigenvalue weighted by atomic mass is 9.80. The van der Waals surface area contributed by atoms with Crippen LogP contribution in [0.15, 0.2) is 6.20 Å². The number of aryl methyl sites for hydroxylation is 1. The van der Waals surface area contributed by atoms with E-state index in [4.69, 9.17) is 10.0 Å². The molecule has 14 heavy (non-hydrogen) atoms. The minimum atomic E-state index is -1.50. The summed E-state index contributed by atoms with van der Waals surface area (Å²) < 4.78 is 0. The van der Waals surface area contributed by atoms with Gasteiger partial charge in [0.2, 0.25) is 0 Å². The summed E-state index contributed by atoms with van der Waals surface area (Å²) in [5.41, 5.74) is 0.849. The van der Waals surface area contributed by atoms with E-state index in [1.54, 1.807) is 6.92 Å². The van der Waals surface area contributed by atoms with Gasteiger partial charge in [-0.2, -0.15) is 0 Å². The zero-order valence-electron chi connectivity index (χ0n) is 8.94. The molecule has 0 bridgehead atoms. The lowest BCUT2D eigenvalue weighted by Gasteiger charge is -2.17. The maximum Gasteiger partial charge on any atom is 0.491 e. The first kappa shape index (κ1) is 11.1. The minimum Gasteiger partial charge on any atom is -0.423 e. The highest BCUT2D eigenvalue weighted by atomic mass is 16.4. The van der Waals surface area contributed by atoms with Gasteiger partial charge in [0.25, 0.3) is 0 Å². The fourth-order valence-corrected chi connectivity index (χ4v) is 1.09. The maximum absolute atomic E-state index is 8.97. The van der Waals surface area contributed by atoms with Crippen molar-refractivity contribution in [3.63, 3.8) is 0 Å². The predicted molar refractivity (Wildman–Crippen MR) is 55.3 cm³/mol. The van der Waals surface area contributed by atoms with Crippen molar-refractivity contribution in [2.24, 2.45) is 0 Å². The van der Waals surface area contributed by atoms with E-state index in [9.17, 15) is 0 Å². The van der Waals surface area contributed by atoms with Gasteiger partial charge in [-0.15, -0.1) is 0 Å². The predicted octanol–water partition coefficient (Wildman–Crippen LogP) is -0.238. The van der Waals surface area contributed by atoms with E-state index in [0.717, 1.165) is 0 Å². The molecule has 0 aliphatic carbocycles. The Balaban J connectivity index is 3.13. The summed E-state index contributed by atoms with van der Waals surface area (Å²) in [6, 6.07) is 0. The Morgan fingerprint density at radius 1 is 1.29 bits per heavy atom. The molecule has 0 saturated heterocycles. The lowest BCUT2D eigenvalue weighted by molar-refractivity contribution is 0.424.